The van der Waals surface area contributed by atoms with Crippen molar-refractivity contribution in [3.8, 4) is 0 Å². The van der Waals surface area contributed by atoms with Crippen LogP contribution in [-0.4, -0.2) is 15.5 Å². The van der Waals surface area contributed by atoms with Gasteiger partial charge in [0.25, 0.3) is 0 Å². The number of nitrogens with zero attached hydrogens (tertiary/aromatic N) is 2. The fourth-order valence-corrected chi connectivity index (χ4v) is 2.39. The van der Waals surface area contributed by atoms with Crippen LogP contribution in [0, 0.1) is 0 Å². The normalized spacial score (nSPS) is 12.2. The summed E-state index contributed by atoms with van der Waals surface area (Å²) >= 11 is 0. The summed E-state index contributed by atoms with van der Waals surface area (Å²) in [4.78, 5) is 15.9. The minimum absolute atomic E-state index is 0.0198. The summed E-state index contributed by atoms with van der Waals surface area (Å²) in [6.45, 7) is 2.29. The highest BCUT2D eigenvalue weighted by atomic mass is 16.2. The van der Waals surface area contributed by atoms with Crippen molar-refractivity contribution in [3.63, 3.8) is 0 Å². The van der Waals surface area contributed by atoms with Crippen LogP contribution in [0.5, 0.6) is 0 Å². The van der Waals surface area contributed by atoms with Crippen LogP contribution in [0.1, 0.15) is 18.5 Å². The fraction of sp³-hybridized carbons (Fsp3) is 0.176. The molecule has 0 bridgehead atoms. The van der Waals surface area contributed by atoms with Crippen molar-refractivity contribution >= 4 is 16.7 Å². The first kappa shape index (κ1) is 13.4. The number of benzene rings is 2. The zero-order valence-electron chi connectivity index (χ0n) is 11.9. The minimum atomic E-state index is -0.0226. The van der Waals surface area contributed by atoms with E-state index in [2.05, 4.69) is 40.6 Å². The number of aromatic nitrogens is 2. The molecule has 0 aliphatic rings. The summed E-state index contributed by atoms with van der Waals surface area (Å²) in [6, 6.07) is 14.5. The number of carbonyl (C=O) groups excluding carboxylic acids is 1. The first-order valence-electron chi connectivity index (χ1n) is 6.96. The molecule has 1 unspecified atom stereocenters. The van der Waals surface area contributed by atoms with Crippen molar-refractivity contribution in [1.29, 1.82) is 0 Å². The number of hydrogen-bond donors (Lipinski definition) is 1. The summed E-state index contributed by atoms with van der Waals surface area (Å²) in [5.74, 6) is -0.0198. The number of rotatable bonds is 4. The lowest BCUT2D eigenvalue weighted by molar-refractivity contribution is -0.122. The average Bonchev–Trinajstić information content (AvgIpc) is 2.99. The SMILES string of the molecule is CC(NC(=O)Cn1ccnc1)c1ccc2ccccc2c1. The first-order chi connectivity index (χ1) is 10.2. The van der Waals surface area contributed by atoms with Crippen molar-refractivity contribution in [1.82, 2.24) is 14.9 Å². The summed E-state index contributed by atoms with van der Waals surface area (Å²) in [5, 5.41) is 5.40. The van der Waals surface area contributed by atoms with E-state index in [1.165, 1.54) is 10.8 Å². The molecule has 0 saturated carbocycles. The highest BCUT2D eigenvalue weighted by molar-refractivity contribution is 5.83. The Morgan fingerprint density at radius 2 is 2.05 bits per heavy atom. The van der Waals surface area contributed by atoms with Gasteiger partial charge in [-0.3, -0.25) is 4.79 Å². The number of nitrogens with one attached hydrogen (secondary N) is 1. The molecule has 4 heteroatoms. The Labute approximate surface area is 123 Å². The third-order valence-electron chi connectivity index (χ3n) is 3.54. The Kier molecular flexibility index (Phi) is 3.69. The zero-order valence-corrected chi connectivity index (χ0v) is 11.9. The van der Waals surface area contributed by atoms with Gasteiger partial charge in [-0.2, -0.15) is 0 Å². The van der Waals surface area contributed by atoms with Crippen LogP contribution in [0.2, 0.25) is 0 Å². The lowest BCUT2D eigenvalue weighted by Gasteiger charge is -2.15. The Morgan fingerprint density at radius 1 is 1.24 bits per heavy atom. The molecule has 21 heavy (non-hydrogen) atoms. The lowest BCUT2D eigenvalue weighted by Crippen LogP contribution is -2.29. The Morgan fingerprint density at radius 3 is 2.81 bits per heavy atom. The maximum Gasteiger partial charge on any atom is 0.240 e. The monoisotopic (exact) mass is 279 g/mol. The predicted octanol–water partition coefficient (Wildman–Crippen LogP) is 2.91. The van der Waals surface area contributed by atoms with Gasteiger partial charge in [0.2, 0.25) is 5.91 Å². The number of fused-ring (bicyclic) bond motifs is 1. The van der Waals surface area contributed by atoms with E-state index in [0.717, 1.165) is 5.56 Å². The molecule has 106 valence electrons. The largest absolute Gasteiger partial charge is 0.348 e. The smallest absolute Gasteiger partial charge is 0.240 e. The van der Waals surface area contributed by atoms with Crippen molar-refractivity contribution in [2.45, 2.75) is 19.5 Å². The molecule has 0 aliphatic heterocycles. The van der Waals surface area contributed by atoms with Crippen LogP contribution in [0.4, 0.5) is 0 Å². The van der Waals surface area contributed by atoms with Crippen LogP contribution in [0.25, 0.3) is 10.8 Å². The van der Waals surface area contributed by atoms with Crippen LogP contribution < -0.4 is 5.32 Å². The number of amides is 1. The number of hydrogen-bond acceptors (Lipinski definition) is 2. The van der Waals surface area contributed by atoms with Gasteiger partial charge >= 0.3 is 0 Å². The molecule has 0 radical (unpaired) electrons. The van der Waals surface area contributed by atoms with Gasteiger partial charge in [-0.15, -0.1) is 0 Å². The Hall–Kier alpha value is -2.62. The van der Waals surface area contributed by atoms with Crippen LogP contribution in [0.3, 0.4) is 0 Å². The molecule has 3 rings (SSSR count). The second kappa shape index (κ2) is 5.79. The summed E-state index contributed by atoms with van der Waals surface area (Å²) in [7, 11) is 0. The van der Waals surface area contributed by atoms with Crippen molar-refractivity contribution in [2.24, 2.45) is 0 Å². The van der Waals surface area contributed by atoms with Crippen LogP contribution in [-0.2, 0) is 11.3 Å². The molecule has 2 aromatic carbocycles. The summed E-state index contributed by atoms with van der Waals surface area (Å²) < 4.78 is 1.75. The molecule has 0 aliphatic carbocycles. The Balaban J connectivity index is 1.71. The molecule has 3 aromatic rings. The van der Waals surface area contributed by atoms with Gasteiger partial charge in [0.1, 0.15) is 6.54 Å². The van der Waals surface area contributed by atoms with E-state index >= 15 is 0 Å². The van der Waals surface area contributed by atoms with E-state index in [1.807, 2.05) is 19.1 Å². The highest BCUT2D eigenvalue weighted by Crippen LogP contribution is 2.20. The molecule has 1 N–H and O–H groups in total. The highest BCUT2D eigenvalue weighted by Gasteiger charge is 2.10. The van der Waals surface area contributed by atoms with Crippen molar-refractivity contribution in [3.05, 3.63) is 66.7 Å². The molecule has 0 saturated heterocycles. The van der Waals surface area contributed by atoms with Gasteiger partial charge < -0.3 is 9.88 Å². The Bertz CT molecular complexity index is 750. The van der Waals surface area contributed by atoms with E-state index in [4.69, 9.17) is 0 Å². The minimum Gasteiger partial charge on any atom is -0.348 e. The quantitative estimate of drug-likeness (QED) is 0.798. The van der Waals surface area contributed by atoms with E-state index < -0.39 is 0 Å². The van der Waals surface area contributed by atoms with Gasteiger partial charge in [0, 0.05) is 12.4 Å². The summed E-state index contributed by atoms with van der Waals surface area (Å²) in [6.07, 6.45) is 5.08. The molecule has 0 fully saturated rings. The molecule has 4 nitrogen and oxygen atoms in total. The van der Waals surface area contributed by atoms with Gasteiger partial charge in [-0.25, -0.2) is 4.98 Å². The predicted molar refractivity (Wildman–Crippen MR) is 82.7 cm³/mol. The lowest BCUT2D eigenvalue weighted by atomic mass is 10.0. The van der Waals surface area contributed by atoms with E-state index in [9.17, 15) is 4.79 Å². The van der Waals surface area contributed by atoms with E-state index in [-0.39, 0.29) is 18.5 Å². The molecule has 0 spiro atoms. The molecule has 1 heterocycles. The van der Waals surface area contributed by atoms with Gasteiger partial charge in [-0.1, -0.05) is 36.4 Å². The number of carbonyl (C=O) groups is 1. The van der Waals surface area contributed by atoms with Gasteiger partial charge in [0.15, 0.2) is 0 Å². The first-order valence-corrected chi connectivity index (χ1v) is 6.96. The van der Waals surface area contributed by atoms with Gasteiger partial charge in [0.05, 0.1) is 12.4 Å². The molecule has 1 atom stereocenters. The molecule has 1 aromatic heterocycles. The van der Waals surface area contributed by atoms with Gasteiger partial charge in [-0.05, 0) is 29.3 Å². The maximum absolute atomic E-state index is 12.0. The second-order valence-corrected chi connectivity index (χ2v) is 5.13. The molecule has 1 amide bonds. The topological polar surface area (TPSA) is 46.9 Å². The summed E-state index contributed by atoms with van der Waals surface area (Å²) in [5.41, 5.74) is 1.10. The van der Waals surface area contributed by atoms with E-state index in [0.29, 0.717) is 0 Å². The maximum atomic E-state index is 12.0. The van der Waals surface area contributed by atoms with Crippen molar-refractivity contribution in [2.75, 3.05) is 0 Å². The van der Waals surface area contributed by atoms with Crippen LogP contribution >= 0.6 is 0 Å². The molecular weight excluding hydrogens is 262 g/mol. The van der Waals surface area contributed by atoms with Crippen molar-refractivity contribution < 1.29 is 4.79 Å². The zero-order chi connectivity index (χ0) is 14.7. The second-order valence-electron chi connectivity index (χ2n) is 5.13. The molecular formula is C17H17N3O. The van der Waals surface area contributed by atoms with E-state index in [1.54, 1.807) is 23.3 Å². The average molecular weight is 279 g/mol. The standard InChI is InChI=1S/C17H17N3O/c1-13(19-17(21)11-20-9-8-18-12-20)15-7-6-14-4-2-3-5-16(14)10-15/h2-10,12-13H,11H2,1H3,(H,19,21). The third-order valence-corrected chi connectivity index (χ3v) is 3.54. The fourth-order valence-electron chi connectivity index (χ4n) is 2.39. The third kappa shape index (κ3) is 3.11. The van der Waals surface area contributed by atoms with Crippen LogP contribution in [0.15, 0.2) is 61.2 Å². The number of imidazole rings is 1.